The highest BCUT2D eigenvalue weighted by Gasteiger charge is 2.59. The number of azide groups is 1. The van der Waals surface area contributed by atoms with E-state index in [1.807, 2.05) is 212 Å². The molecule has 4 aliphatic rings. The summed E-state index contributed by atoms with van der Waals surface area (Å²) in [6.07, 6.45) is -18.8. The van der Waals surface area contributed by atoms with Crippen LogP contribution in [0.1, 0.15) is 45.2 Å². The number of ether oxygens (including phenoxy) is 17. The van der Waals surface area contributed by atoms with Gasteiger partial charge in [0.05, 0.1) is 73.7 Å². The van der Waals surface area contributed by atoms with Crippen molar-refractivity contribution in [2.75, 3.05) is 34.0 Å². The second kappa shape index (κ2) is 35.1. The fraction of sp³-hybridized carbons (Fsp3) is 0.355. The van der Waals surface area contributed by atoms with Gasteiger partial charge < -0.3 is 80.5 Å². The molecule has 0 unspecified atom stereocenters. The highest BCUT2D eigenvalue weighted by molar-refractivity contribution is 5.60. The maximum Gasteiger partial charge on any atom is 0.508 e. The van der Waals surface area contributed by atoms with Crippen LogP contribution >= 0.6 is 0 Å². The first-order valence-corrected chi connectivity index (χ1v) is 32.4. The van der Waals surface area contributed by atoms with Crippen LogP contribution in [0.15, 0.2) is 242 Å². The van der Waals surface area contributed by atoms with Gasteiger partial charge in [-0.15, -0.1) is 0 Å². The van der Waals surface area contributed by atoms with Crippen molar-refractivity contribution in [3.63, 3.8) is 0 Å². The Morgan fingerprint density at radius 1 is 0.443 bits per heavy atom. The Kier molecular flexibility index (Phi) is 24.7. The van der Waals surface area contributed by atoms with E-state index < -0.39 is 105 Å². The van der Waals surface area contributed by atoms with Crippen LogP contribution in [-0.4, -0.2) is 132 Å². The Bertz CT molecular complexity index is 3650. The lowest BCUT2D eigenvalue weighted by molar-refractivity contribution is -0.393. The number of hydrogen-bond donors (Lipinski definition) is 0. The van der Waals surface area contributed by atoms with Gasteiger partial charge in [0, 0.05) is 10.5 Å². The van der Waals surface area contributed by atoms with Crippen LogP contribution in [0.4, 0.5) is 4.79 Å². The zero-order chi connectivity index (χ0) is 66.4. The maximum absolute atomic E-state index is 13.9. The Morgan fingerprint density at radius 3 is 1.34 bits per heavy atom. The third kappa shape index (κ3) is 18.6. The van der Waals surface area contributed by atoms with Gasteiger partial charge in [-0.05, 0) is 63.2 Å². The van der Waals surface area contributed by atoms with Crippen LogP contribution < -0.4 is 9.47 Å². The first kappa shape index (κ1) is 68.4. The highest BCUT2D eigenvalue weighted by Crippen LogP contribution is 2.42. The van der Waals surface area contributed by atoms with Gasteiger partial charge in [-0.1, -0.05) is 217 Å². The molecule has 12 rings (SSSR count). The molecule has 21 nitrogen and oxygen atoms in total. The number of fused-ring (bicyclic) bond motifs is 1. The topological polar surface area (TPSA) is 223 Å². The summed E-state index contributed by atoms with van der Waals surface area (Å²) in [4.78, 5) is 17.4. The van der Waals surface area contributed by atoms with Gasteiger partial charge in [-0.25, -0.2) is 4.79 Å². The molecule has 0 N–H and O–H groups in total. The molecule has 506 valence electrons. The van der Waals surface area contributed by atoms with Gasteiger partial charge >= 0.3 is 6.16 Å². The largest absolute Gasteiger partial charge is 0.508 e. The first-order chi connectivity index (χ1) is 47.9. The molecule has 0 amide bonds. The van der Waals surface area contributed by atoms with Crippen molar-refractivity contribution in [3.05, 3.63) is 286 Å². The van der Waals surface area contributed by atoms with E-state index in [1.165, 1.54) is 7.11 Å². The minimum atomic E-state index is -1.58. The summed E-state index contributed by atoms with van der Waals surface area (Å²) in [5, 5.41) is 4.52. The standard InChI is InChI=1S/C76H79N3O18/c1-81-58-38-40-59(41-39-58)90-74-70(88-47-56-34-20-8-21-35-56)69(65(86-45-54-30-16-6-17-31-54)61(92-74)49-84-43-52-26-12-4-13-27-52)96-73-63(78-79-77)67(66-62(91-73)50-89-72(94-66)57-36-22-9-23-37-57)95-75-71(97-76(80)82-2)68(87-46-55-32-18-7-19-33-55)64(85-44-53-28-14-5-15-29-53)60(93-75)48-83-42-51-24-10-3-11-25-51/h3-41,60-75H,42-50H2,1-2H3/t60-,61-,62-,63-,64+,65+,66+,67-,68+,69+,70-,71-,72+,73+,74-,75+/m1/s1. The molecule has 4 fully saturated rings. The first-order valence-electron chi connectivity index (χ1n) is 32.4. The maximum atomic E-state index is 13.9. The lowest BCUT2D eigenvalue weighted by Crippen LogP contribution is -2.68. The highest BCUT2D eigenvalue weighted by atomic mass is 16.8. The molecule has 8 aromatic carbocycles. The van der Waals surface area contributed by atoms with E-state index in [1.54, 1.807) is 31.4 Å². The number of carbonyl (C=O) groups excluding carboxylic acids is 1. The average molecular weight is 1320 g/mol. The molecular formula is C76H79N3O18. The Labute approximate surface area is 563 Å². The minimum absolute atomic E-state index is 0.0211. The minimum Gasteiger partial charge on any atom is -0.497 e. The second-order valence-electron chi connectivity index (χ2n) is 23.6. The Morgan fingerprint density at radius 2 is 0.866 bits per heavy atom. The van der Waals surface area contributed by atoms with Crippen LogP contribution in [0.3, 0.4) is 0 Å². The van der Waals surface area contributed by atoms with Crippen molar-refractivity contribution in [2.45, 2.75) is 138 Å². The van der Waals surface area contributed by atoms with E-state index >= 15 is 0 Å². The van der Waals surface area contributed by atoms with E-state index in [9.17, 15) is 10.3 Å². The van der Waals surface area contributed by atoms with Crippen LogP contribution in [0.5, 0.6) is 11.5 Å². The summed E-state index contributed by atoms with van der Waals surface area (Å²) in [6, 6.07) is 72.9. The SMILES string of the molecule is COC(=O)O[C@H]1[C@H](O[C@@H]2[C@@H](N=[N+]=[N-])[C@H](O[C@H]3[C@@H](OCc4ccccc4)[C@@H](COCc4ccccc4)O[C@@H](Oc4ccc(OC)cc4)[C@@H]3OCc3ccccc3)O[C@@H]3CO[C@H](c4ccccc4)O[C@H]23)O[C@H](COCc2ccccc2)[C@H](OCc2ccccc2)[C@@H]1OCc1ccccc1. The van der Waals surface area contributed by atoms with Gasteiger partial charge in [0.1, 0.15) is 78.6 Å². The molecule has 97 heavy (non-hydrogen) atoms. The van der Waals surface area contributed by atoms with Gasteiger partial charge in [-0.3, -0.25) is 0 Å². The number of nitrogens with zero attached hydrogens (tertiary/aromatic N) is 3. The van der Waals surface area contributed by atoms with Crippen molar-refractivity contribution in [2.24, 2.45) is 5.11 Å². The van der Waals surface area contributed by atoms with Crippen LogP contribution in [0.2, 0.25) is 0 Å². The van der Waals surface area contributed by atoms with Crippen molar-refractivity contribution in [3.8, 4) is 11.5 Å². The normalized spacial score (nSPS) is 26.9. The predicted octanol–water partition coefficient (Wildman–Crippen LogP) is 12.7. The summed E-state index contributed by atoms with van der Waals surface area (Å²) in [5.41, 5.74) is 16.9. The molecular weight excluding hydrogens is 1240 g/mol. The average Bonchev–Trinajstić information content (AvgIpc) is 0.842. The second-order valence-corrected chi connectivity index (χ2v) is 23.6. The summed E-state index contributed by atoms with van der Waals surface area (Å²) < 4.78 is 115. The van der Waals surface area contributed by atoms with E-state index in [-0.39, 0.29) is 59.5 Å². The molecule has 4 heterocycles. The van der Waals surface area contributed by atoms with Gasteiger partial charge in [0.25, 0.3) is 0 Å². The predicted molar refractivity (Wildman–Crippen MR) is 352 cm³/mol. The molecule has 0 bridgehead atoms. The monoisotopic (exact) mass is 1320 g/mol. The zero-order valence-corrected chi connectivity index (χ0v) is 53.8. The third-order valence-corrected chi connectivity index (χ3v) is 17.0. The number of carbonyl (C=O) groups is 1. The molecule has 8 aromatic rings. The molecule has 16 atom stereocenters. The zero-order valence-electron chi connectivity index (χ0n) is 53.8. The van der Waals surface area contributed by atoms with E-state index in [2.05, 4.69) is 10.0 Å². The molecule has 0 spiro atoms. The van der Waals surface area contributed by atoms with Crippen molar-refractivity contribution < 1.29 is 85.3 Å². The third-order valence-electron chi connectivity index (χ3n) is 17.0. The van der Waals surface area contributed by atoms with E-state index in [0.29, 0.717) is 17.1 Å². The number of hydrogen-bond acceptors (Lipinski definition) is 19. The summed E-state index contributed by atoms with van der Waals surface area (Å²) in [5.74, 6) is 1.03. The molecule has 0 saturated carbocycles. The molecule has 0 aromatic heterocycles. The van der Waals surface area contributed by atoms with Gasteiger partial charge in [-0.2, -0.15) is 0 Å². The fourth-order valence-electron chi connectivity index (χ4n) is 12.1. The number of benzene rings is 8. The van der Waals surface area contributed by atoms with Crippen molar-refractivity contribution in [1.82, 2.24) is 0 Å². The smallest absolute Gasteiger partial charge is 0.497 e. The number of methoxy groups -OCH3 is 2. The van der Waals surface area contributed by atoms with Crippen molar-refractivity contribution in [1.29, 1.82) is 0 Å². The summed E-state index contributed by atoms with van der Waals surface area (Å²) >= 11 is 0. The Balaban J connectivity index is 0.958. The quantitative estimate of drug-likeness (QED) is 0.0177. The fourth-order valence-corrected chi connectivity index (χ4v) is 12.1. The van der Waals surface area contributed by atoms with Crippen LogP contribution in [0.25, 0.3) is 10.4 Å². The molecule has 0 aliphatic carbocycles. The van der Waals surface area contributed by atoms with Crippen LogP contribution in [-0.2, 0) is 111 Å². The van der Waals surface area contributed by atoms with Gasteiger partial charge in [0.2, 0.25) is 6.29 Å². The molecule has 21 heteroatoms. The van der Waals surface area contributed by atoms with Crippen molar-refractivity contribution >= 4 is 6.16 Å². The summed E-state index contributed by atoms with van der Waals surface area (Å²) in [6.45, 7) is 0.554. The molecule has 4 saturated heterocycles. The lowest BCUT2D eigenvalue weighted by atomic mass is 9.93. The molecule has 0 radical (unpaired) electrons. The molecule has 4 aliphatic heterocycles. The van der Waals surface area contributed by atoms with E-state index in [0.717, 1.165) is 33.4 Å². The van der Waals surface area contributed by atoms with Crippen LogP contribution in [0, 0.1) is 0 Å². The summed E-state index contributed by atoms with van der Waals surface area (Å²) in [7, 11) is 2.78. The Hall–Kier alpha value is -8.58. The van der Waals surface area contributed by atoms with Gasteiger partial charge in [0.15, 0.2) is 25.0 Å². The van der Waals surface area contributed by atoms with E-state index in [4.69, 9.17) is 80.5 Å². The lowest BCUT2D eigenvalue weighted by Gasteiger charge is -2.52. The number of rotatable bonds is 30.